The summed E-state index contributed by atoms with van der Waals surface area (Å²) in [7, 11) is 1.47. The number of hydrogen-bond acceptors (Lipinski definition) is 5. The third-order valence-corrected chi connectivity index (χ3v) is 3.41. The van der Waals surface area contributed by atoms with E-state index >= 15 is 0 Å². The van der Waals surface area contributed by atoms with E-state index in [9.17, 15) is 14.9 Å². The van der Waals surface area contributed by atoms with Crippen LogP contribution in [0.25, 0.3) is 0 Å². The van der Waals surface area contributed by atoms with Crippen LogP contribution in [0, 0.1) is 10.1 Å². The third-order valence-electron chi connectivity index (χ3n) is 2.57. The van der Waals surface area contributed by atoms with Crippen LogP contribution < -0.4 is 5.43 Å². The minimum atomic E-state index is -0.804. The predicted molar refractivity (Wildman–Crippen MR) is 81.4 cm³/mol. The highest BCUT2D eigenvalue weighted by atomic mass is 35.5. The van der Waals surface area contributed by atoms with Gasteiger partial charge in [-0.25, -0.2) is 5.43 Å². The summed E-state index contributed by atoms with van der Waals surface area (Å²) in [5.41, 5.74) is 1.90. The zero-order chi connectivity index (χ0) is 16.3. The lowest BCUT2D eigenvalue weighted by molar-refractivity contribution is -0.385. The van der Waals surface area contributed by atoms with Crippen LogP contribution in [0.4, 0.5) is 5.69 Å². The van der Waals surface area contributed by atoms with Crippen molar-refractivity contribution in [2.24, 2.45) is 12.1 Å². The van der Waals surface area contributed by atoms with Gasteiger partial charge in [0.2, 0.25) is 5.69 Å². The predicted octanol–water partition coefficient (Wildman–Crippen LogP) is 2.40. The van der Waals surface area contributed by atoms with E-state index in [2.05, 4.69) is 15.6 Å². The lowest BCUT2D eigenvalue weighted by Crippen LogP contribution is -2.19. The average molecular weight is 342 g/mol. The molecule has 0 aliphatic heterocycles. The molecule has 1 aromatic heterocycles. The number of nitrogens with one attached hydrogen (secondary N) is 1. The van der Waals surface area contributed by atoms with Crippen LogP contribution in [0.5, 0.6) is 0 Å². The molecular formula is C12H9Cl2N5O3. The molecule has 0 bridgehead atoms. The van der Waals surface area contributed by atoms with Gasteiger partial charge >= 0.3 is 5.69 Å². The number of amides is 1. The van der Waals surface area contributed by atoms with Crippen LogP contribution >= 0.6 is 23.2 Å². The van der Waals surface area contributed by atoms with Crippen LogP contribution in [-0.2, 0) is 7.05 Å². The molecule has 22 heavy (non-hydrogen) atoms. The van der Waals surface area contributed by atoms with Crippen molar-refractivity contribution in [3.8, 4) is 0 Å². The molecular weight excluding hydrogens is 333 g/mol. The molecule has 0 saturated heterocycles. The number of nitro groups is 1. The van der Waals surface area contributed by atoms with Crippen molar-refractivity contribution in [1.29, 1.82) is 0 Å². The zero-order valence-electron chi connectivity index (χ0n) is 11.2. The van der Waals surface area contributed by atoms with Gasteiger partial charge in [-0.15, -0.1) is 0 Å². The van der Waals surface area contributed by atoms with Crippen LogP contribution in [0.15, 0.2) is 29.5 Å². The first kappa shape index (κ1) is 15.9. The zero-order valence-corrected chi connectivity index (χ0v) is 12.7. The van der Waals surface area contributed by atoms with Crippen molar-refractivity contribution in [2.45, 2.75) is 0 Å². The third kappa shape index (κ3) is 3.41. The first-order valence-electron chi connectivity index (χ1n) is 5.85. The van der Waals surface area contributed by atoms with E-state index in [0.717, 1.165) is 6.20 Å². The summed E-state index contributed by atoms with van der Waals surface area (Å²) in [6.07, 6.45) is 2.41. The molecule has 0 aliphatic rings. The Morgan fingerprint density at radius 3 is 2.91 bits per heavy atom. The van der Waals surface area contributed by atoms with Crippen molar-refractivity contribution in [2.75, 3.05) is 0 Å². The fourth-order valence-corrected chi connectivity index (χ4v) is 1.96. The summed E-state index contributed by atoms with van der Waals surface area (Å²) in [6, 6.07) is 4.92. The maximum Gasteiger partial charge on any atom is 0.320 e. The summed E-state index contributed by atoms with van der Waals surface area (Å²) >= 11 is 11.8. The Bertz CT molecular complexity index is 772. The van der Waals surface area contributed by atoms with Gasteiger partial charge in [-0.1, -0.05) is 35.3 Å². The second kappa shape index (κ2) is 6.54. The summed E-state index contributed by atoms with van der Waals surface area (Å²) in [5.74, 6) is -0.804. The Hall–Kier alpha value is -2.45. The number of aryl methyl sites for hydroxylation is 1. The van der Waals surface area contributed by atoms with Gasteiger partial charge in [0, 0.05) is 12.6 Å². The number of carbonyl (C=O) groups excluding carboxylic acids is 1. The lowest BCUT2D eigenvalue weighted by Gasteiger charge is -2.00. The molecule has 2 aromatic rings. The number of hydrogen-bond donors (Lipinski definition) is 1. The molecule has 1 heterocycles. The fourth-order valence-electron chi connectivity index (χ4n) is 1.60. The van der Waals surface area contributed by atoms with Gasteiger partial charge in [0.05, 0.1) is 21.2 Å². The first-order chi connectivity index (χ1) is 10.4. The van der Waals surface area contributed by atoms with E-state index in [-0.39, 0.29) is 10.7 Å². The van der Waals surface area contributed by atoms with Gasteiger partial charge in [-0.05, 0) is 6.07 Å². The minimum Gasteiger partial charge on any atom is -0.268 e. The highest BCUT2D eigenvalue weighted by molar-refractivity contribution is 6.43. The molecule has 0 radical (unpaired) electrons. The number of halogens is 2. The van der Waals surface area contributed by atoms with Crippen molar-refractivity contribution in [3.05, 3.63) is 55.8 Å². The topological polar surface area (TPSA) is 102 Å². The van der Waals surface area contributed by atoms with Gasteiger partial charge < -0.3 is 0 Å². The molecule has 0 aliphatic carbocycles. The Balaban J connectivity index is 2.15. The van der Waals surface area contributed by atoms with Gasteiger partial charge in [0.1, 0.15) is 6.20 Å². The number of nitrogens with zero attached hydrogens (tertiary/aromatic N) is 4. The Morgan fingerprint density at radius 1 is 1.50 bits per heavy atom. The fraction of sp³-hybridized carbons (Fsp3) is 0.0833. The molecule has 0 unspecified atom stereocenters. The molecule has 0 spiro atoms. The monoisotopic (exact) mass is 341 g/mol. The van der Waals surface area contributed by atoms with E-state index in [1.807, 2.05) is 0 Å². The normalized spacial score (nSPS) is 10.9. The standard InChI is InChI=1S/C12H9Cl2N5O3/c1-18-6-9(19(21)22)11(17-18)12(20)16-15-5-7-3-2-4-8(13)10(7)14/h2-6H,1H3,(H,16,20). The van der Waals surface area contributed by atoms with E-state index in [1.54, 1.807) is 18.2 Å². The molecule has 0 fully saturated rings. The van der Waals surface area contributed by atoms with Crippen LogP contribution in [0.1, 0.15) is 16.1 Å². The van der Waals surface area contributed by atoms with Crippen molar-refractivity contribution in [3.63, 3.8) is 0 Å². The van der Waals surface area contributed by atoms with Gasteiger partial charge in [-0.3, -0.25) is 19.6 Å². The van der Waals surface area contributed by atoms with E-state index in [4.69, 9.17) is 23.2 Å². The van der Waals surface area contributed by atoms with Gasteiger partial charge in [0.15, 0.2) is 0 Å². The van der Waals surface area contributed by atoms with Crippen molar-refractivity contribution < 1.29 is 9.72 Å². The first-order valence-corrected chi connectivity index (χ1v) is 6.61. The van der Waals surface area contributed by atoms with Crippen molar-refractivity contribution >= 4 is 41.0 Å². The molecule has 10 heteroatoms. The molecule has 2 rings (SSSR count). The Labute approximate surface area is 134 Å². The van der Waals surface area contributed by atoms with Crippen LogP contribution in [0.3, 0.4) is 0 Å². The number of aromatic nitrogens is 2. The molecule has 0 atom stereocenters. The molecule has 8 nitrogen and oxygen atoms in total. The summed E-state index contributed by atoms with van der Waals surface area (Å²) in [6.45, 7) is 0. The quantitative estimate of drug-likeness (QED) is 0.523. The molecule has 1 amide bonds. The maximum absolute atomic E-state index is 11.9. The number of hydrazone groups is 1. The minimum absolute atomic E-state index is 0.283. The SMILES string of the molecule is Cn1cc([N+](=O)[O-])c(C(=O)NN=Cc2cccc(Cl)c2Cl)n1. The van der Waals surface area contributed by atoms with E-state index in [0.29, 0.717) is 10.6 Å². The second-order valence-corrected chi connectivity index (χ2v) is 4.92. The highest BCUT2D eigenvalue weighted by Gasteiger charge is 2.24. The molecule has 114 valence electrons. The summed E-state index contributed by atoms with van der Waals surface area (Å²) < 4.78 is 1.17. The summed E-state index contributed by atoms with van der Waals surface area (Å²) in [4.78, 5) is 22.0. The average Bonchev–Trinajstić information content (AvgIpc) is 2.86. The van der Waals surface area contributed by atoms with Crippen LogP contribution in [0.2, 0.25) is 10.0 Å². The number of benzene rings is 1. The lowest BCUT2D eigenvalue weighted by atomic mass is 10.2. The van der Waals surface area contributed by atoms with Gasteiger partial charge in [0.25, 0.3) is 5.91 Å². The van der Waals surface area contributed by atoms with Gasteiger partial charge in [-0.2, -0.15) is 10.2 Å². The molecule has 1 N–H and O–H groups in total. The van der Waals surface area contributed by atoms with Crippen LogP contribution in [-0.4, -0.2) is 26.8 Å². The molecule has 0 saturated carbocycles. The Morgan fingerprint density at radius 2 is 2.23 bits per heavy atom. The summed E-state index contributed by atoms with van der Waals surface area (Å²) in [5, 5.41) is 18.9. The second-order valence-electron chi connectivity index (χ2n) is 4.14. The number of rotatable bonds is 4. The maximum atomic E-state index is 11.9. The highest BCUT2D eigenvalue weighted by Crippen LogP contribution is 2.24. The number of carbonyl (C=O) groups is 1. The van der Waals surface area contributed by atoms with E-state index < -0.39 is 16.5 Å². The van der Waals surface area contributed by atoms with Crippen molar-refractivity contribution in [1.82, 2.24) is 15.2 Å². The molecule has 1 aromatic carbocycles. The Kier molecular flexibility index (Phi) is 4.74. The van der Waals surface area contributed by atoms with E-state index in [1.165, 1.54) is 17.9 Å². The smallest absolute Gasteiger partial charge is 0.268 e. The largest absolute Gasteiger partial charge is 0.320 e.